The average Bonchev–Trinajstić information content (AvgIpc) is 3.32. The number of nitrogens with zero attached hydrogens (tertiary/aromatic N) is 1. The number of halogens is 1. The second kappa shape index (κ2) is 12.3. The monoisotopic (exact) mass is 553 g/mol. The summed E-state index contributed by atoms with van der Waals surface area (Å²) in [6.07, 6.45) is -1.50. The predicted octanol–water partition coefficient (Wildman–Crippen LogP) is 5.47. The van der Waals surface area contributed by atoms with Crippen molar-refractivity contribution in [3.8, 4) is 5.75 Å². The number of cyclic esters (lactones) is 1. The molecule has 1 aliphatic heterocycles. The number of carbonyl (C=O) groups is 3. The first kappa shape index (κ1) is 27.4. The van der Waals surface area contributed by atoms with Crippen LogP contribution >= 0.6 is 0 Å². The number of benzene rings is 4. The van der Waals surface area contributed by atoms with Crippen molar-refractivity contribution in [2.45, 2.75) is 25.2 Å². The van der Waals surface area contributed by atoms with E-state index < -0.39 is 30.0 Å². The standard InChI is InChI=1S/C32H28FN3O5/c1-40-27-9-5-8-22(18-27)20-36-28(31(38)34-19-21-6-3-2-4-7-21)29(41-32(36)39)23-12-16-26(17-13-23)35-30(37)24-10-14-25(33)15-11-24/h2-18,28-29H,19-20H2,1H3,(H,34,38)(H,35,37). The van der Waals surface area contributed by atoms with E-state index in [0.29, 0.717) is 29.1 Å². The molecule has 0 saturated carbocycles. The fourth-order valence-electron chi connectivity index (χ4n) is 4.63. The molecule has 9 heteroatoms. The molecular weight excluding hydrogens is 525 g/mol. The predicted molar refractivity (Wildman–Crippen MR) is 151 cm³/mol. The normalized spacial score (nSPS) is 16.1. The zero-order chi connectivity index (χ0) is 28.8. The van der Waals surface area contributed by atoms with Gasteiger partial charge in [0, 0.05) is 17.8 Å². The SMILES string of the molecule is COc1cccc(CN2C(=O)OC(c3ccc(NC(=O)c4ccc(F)cc4)cc3)C2C(=O)NCc2ccccc2)c1. The van der Waals surface area contributed by atoms with Gasteiger partial charge in [-0.3, -0.25) is 14.5 Å². The molecule has 0 aliphatic carbocycles. The van der Waals surface area contributed by atoms with Crippen LogP contribution in [0.2, 0.25) is 0 Å². The van der Waals surface area contributed by atoms with E-state index in [1.807, 2.05) is 42.5 Å². The van der Waals surface area contributed by atoms with Gasteiger partial charge in [-0.1, -0.05) is 54.6 Å². The summed E-state index contributed by atoms with van der Waals surface area (Å²) < 4.78 is 24.3. The minimum absolute atomic E-state index is 0.141. The Morgan fingerprint density at radius 2 is 1.61 bits per heavy atom. The summed E-state index contributed by atoms with van der Waals surface area (Å²) in [4.78, 5) is 40.6. The largest absolute Gasteiger partial charge is 0.497 e. The van der Waals surface area contributed by atoms with Crippen LogP contribution < -0.4 is 15.4 Å². The summed E-state index contributed by atoms with van der Waals surface area (Å²) >= 11 is 0. The van der Waals surface area contributed by atoms with Crippen LogP contribution in [0.25, 0.3) is 0 Å². The molecule has 41 heavy (non-hydrogen) atoms. The van der Waals surface area contributed by atoms with Crippen molar-refractivity contribution < 1.29 is 28.2 Å². The zero-order valence-corrected chi connectivity index (χ0v) is 22.3. The topological polar surface area (TPSA) is 97.0 Å². The molecule has 0 spiro atoms. The van der Waals surface area contributed by atoms with Crippen LogP contribution in [0.4, 0.5) is 14.9 Å². The Bertz CT molecular complexity index is 1530. The molecule has 2 N–H and O–H groups in total. The van der Waals surface area contributed by atoms with Gasteiger partial charge in [0.15, 0.2) is 12.1 Å². The Balaban J connectivity index is 1.36. The maximum absolute atomic E-state index is 13.6. The lowest BCUT2D eigenvalue weighted by Crippen LogP contribution is -2.46. The Morgan fingerprint density at radius 1 is 0.902 bits per heavy atom. The van der Waals surface area contributed by atoms with Gasteiger partial charge in [0.05, 0.1) is 13.7 Å². The van der Waals surface area contributed by atoms with Gasteiger partial charge in [0.2, 0.25) is 5.91 Å². The van der Waals surface area contributed by atoms with Gasteiger partial charge in [0.25, 0.3) is 5.91 Å². The molecule has 1 saturated heterocycles. The molecule has 8 nitrogen and oxygen atoms in total. The third-order valence-electron chi connectivity index (χ3n) is 6.75. The Hall–Kier alpha value is -5.18. The lowest BCUT2D eigenvalue weighted by atomic mass is 10.00. The van der Waals surface area contributed by atoms with Crippen LogP contribution in [-0.2, 0) is 22.6 Å². The summed E-state index contributed by atoms with van der Waals surface area (Å²) in [6.45, 7) is 0.431. The second-order valence-electron chi connectivity index (χ2n) is 9.52. The molecule has 4 aromatic carbocycles. The van der Waals surface area contributed by atoms with E-state index in [1.165, 1.54) is 29.2 Å². The van der Waals surface area contributed by atoms with Crippen LogP contribution in [0, 0.1) is 5.82 Å². The van der Waals surface area contributed by atoms with Crippen LogP contribution in [0.15, 0.2) is 103 Å². The molecule has 0 radical (unpaired) electrons. The maximum Gasteiger partial charge on any atom is 0.411 e. The van der Waals surface area contributed by atoms with Crippen molar-refractivity contribution in [1.29, 1.82) is 0 Å². The number of carbonyl (C=O) groups excluding carboxylic acids is 3. The number of anilines is 1. The van der Waals surface area contributed by atoms with Crippen molar-refractivity contribution in [2.75, 3.05) is 12.4 Å². The zero-order valence-electron chi connectivity index (χ0n) is 22.3. The summed E-state index contributed by atoms with van der Waals surface area (Å²) in [5.74, 6) is -0.552. The third-order valence-corrected chi connectivity index (χ3v) is 6.75. The lowest BCUT2D eigenvalue weighted by Gasteiger charge is -2.24. The van der Waals surface area contributed by atoms with Crippen molar-refractivity contribution in [3.63, 3.8) is 0 Å². The van der Waals surface area contributed by atoms with E-state index in [9.17, 15) is 18.8 Å². The molecule has 4 aromatic rings. The van der Waals surface area contributed by atoms with Crippen molar-refractivity contribution in [3.05, 3.63) is 131 Å². The minimum atomic E-state index is -0.947. The Labute approximate surface area is 236 Å². The van der Waals surface area contributed by atoms with E-state index in [2.05, 4.69) is 10.6 Å². The number of ether oxygens (including phenoxy) is 2. The number of nitrogens with one attached hydrogen (secondary N) is 2. The molecule has 1 aliphatic rings. The fraction of sp³-hybridized carbons (Fsp3) is 0.156. The van der Waals surface area contributed by atoms with E-state index in [1.54, 1.807) is 43.5 Å². The molecule has 1 heterocycles. The second-order valence-corrected chi connectivity index (χ2v) is 9.52. The molecule has 1 fully saturated rings. The molecule has 0 bridgehead atoms. The van der Waals surface area contributed by atoms with Crippen LogP contribution in [0.5, 0.6) is 5.75 Å². The summed E-state index contributed by atoms with van der Waals surface area (Å²) in [6, 6.07) is 27.7. The van der Waals surface area contributed by atoms with Crippen LogP contribution in [0.3, 0.4) is 0 Å². The molecule has 3 amide bonds. The van der Waals surface area contributed by atoms with Crippen molar-refractivity contribution >= 4 is 23.6 Å². The molecule has 5 rings (SSSR count). The number of methoxy groups -OCH3 is 1. The molecular formula is C32H28FN3O5. The quantitative estimate of drug-likeness (QED) is 0.287. The first-order valence-electron chi connectivity index (χ1n) is 13.0. The van der Waals surface area contributed by atoms with Gasteiger partial charge in [0.1, 0.15) is 11.6 Å². The molecule has 2 atom stereocenters. The summed E-state index contributed by atoms with van der Waals surface area (Å²) in [5, 5.41) is 5.70. The number of rotatable bonds is 9. The highest BCUT2D eigenvalue weighted by Crippen LogP contribution is 2.35. The molecule has 0 aromatic heterocycles. The van der Waals surface area contributed by atoms with Gasteiger partial charge in [-0.05, 0) is 65.2 Å². The Kier molecular flexibility index (Phi) is 8.24. The Morgan fingerprint density at radius 3 is 2.32 bits per heavy atom. The molecule has 208 valence electrons. The van der Waals surface area contributed by atoms with Crippen LogP contribution in [-0.4, -0.2) is 36.0 Å². The van der Waals surface area contributed by atoms with E-state index in [0.717, 1.165) is 11.1 Å². The van der Waals surface area contributed by atoms with E-state index in [4.69, 9.17) is 9.47 Å². The minimum Gasteiger partial charge on any atom is -0.497 e. The highest BCUT2D eigenvalue weighted by atomic mass is 19.1. The maximum atomic E-state index is 13.6. The lowest BCUT2D eigenvalue weighted by molar-refractivity contribution is -0.126. The fourth-order valence-corrected chi connectivity index (χ4v) is 4.63. The van der Waals surface area contributed by atoms with E-state index >= 15 is 0 Å². The van der Waals surface area contributed by atoms with Gasteiger partial charge < -0.3 is 20.1 Å². The van der Waals surface area contributed by atoms with Gasteiger partial charge in [-0.15, -0.1) is 0 Å². The van der Waals surface area contributed by atoms with Crippen LogP contribution in [0.1, 0.15) is 33.2 Å². The van der Waals surface area contributed by atoms with Gasteiger partial charge in [-0.2, -0.15) is 0 Å². The molecule has 2 unspecified atom stereocenters. The first-order chi connectivity index (χ1) is 19.9. The highest BCUT2D eigenvalue weighted by Gasteiger charge is 2.47. The summed E-state index contributed by atoms with van der Waals surface area (Å²) in [7, 11) is 1.56. The average molecular weight is 554 g/mol. The first-order valence-corrected chi connectivity index (χ1v) is 13.0. The van der Waals surface area contributed by atoms with Gasteiger partial charge >= 0.3 is 6.09 Å². The number of hydrogen-bond acceptors (Lipinski definition) is 5. The van der Waals surface area contributed by atoms with Crippen molar-refractivity contribution in [1.82, 2.24) is 10.2 Å². The third kappa shape index (κ3) is 6.52. The highest BCUT2D eigenvalue weighted by molar-refractivity contribution is 6.04. The summed E-state index contributed by atoms with van der Waals surface area (Å²) in [5.41, 5.74) is 3.09. The number of hydrogen-bond donors (Lipinski definition) is 2. The van der Waals surface area contributed by atoms with Gasteiger partial charge in [-0.25, -0.2) is 9.18 Å². The van der Waals surface area contributed by atoms with Crippen molar-refractivity contribution in [2.24, 2.45) is 0 Å². The number of amides is 3. The smallest absolute Gasteiger partial charge is 0.411 e. The van der Waals surface area contributed by atoms with E-state index in [-0.39, 0.29) is 12.5 Å².